The molecule has 92 valence electrons. The number of aromatic nitrogens is 3. The third-order valence-electron chi connectivity index (χ3n) is 2.27. The average Bonchev–Trinajstić information content (AvgIpc) is 2.40. The Bertz CT molecular complexity index is 626. The van der Waals surface area contributed by atoms with Crippen molar-refractivity contribution in [3.63, 3.8) is 0 Å². The fourth-order valence-corrected chi connectivity index (χ4v) is 1.79. The first kappa shape index (κ1) is 12.3. The number of hydrogen-bond donors (Lipinski definition) is 2. The Hall–Kier alpha value is -2.15. The second kappa shape index (κ2) is 5.46. The maximum Gasteiger partial charge on any atom is 0.278 e. The van der Waals surface area contributed by atoms with E-state index in [-0.39, 0.29) is 11.3 Å². The summed E-state index contributed by atoms with van der Waals surface area (Å²) in [5.74, 6) is 0. The van der Waals surface area contributed by atoms with Gasteiger partial charge in [0.1, 0.15) is 0 Å². The smallest absolute Gasteiger partial charge is 0.278 e. The number of thioether (sulfide) groups is 1. The molecule has 7 heteroatoms. The van der Waals surface area contributed by atoms with Crippen molar-refractivity contribution >= 4 is 23.9 Å². The van der Waals surface area contributed by atoms with Crippen molar-refractivity contribution in [1.82, 2.24) is 15.2 Å². The third kappa shape index (κ3) is 2.40. The summed E-state index contributed by atoms with van der Waals surface area (Å²) in [5.41, 5.74) is 0.891. The van der Waals surface area contributed by atoms with Gasteiger partial charge in [0.2, 0.25) is 6.41 Å². The lowest BCUT2D eigenvalue weighted by molar-refractivity contribution is -0.105. The fourth-order valence-electron chi connectivity index (χ4n) is 1.47. The van der Waals surface area contributed by atoms with E-state index < -0.39 is 0 Å². The molecule has 1 aromatic heterocycles. The lowest BCUT2D eigenvalue weighted by Gasteiger charge is -2.06. The maximum atomic E-state index is 11.9. The zero-order valence-electron chi connectivity index (χ0n) is 9.51. The Morgan fingerprint density at radius 3 is 2.78 bits per heavy atom. The van der Waals surface area contributed by atoms with Gasteiger partial charge in [-0.3, -0.25) is 14.6 Å². The van der Waals surface area contributed by atoms with Crippen LogP contribution in [0.4, 0.5) is 5.69 Å². The van der Waals surface area contributed by atoms with Gasteiger partial charge in [-0.2, -0.15) is 0 Å². The van der Waals surface area contributed by atoms with Crippen LogP contribution in [-0.2, 0) is 4.79 Å². The second-order valence-corrected chi connectivity index (χ2v) is 4.11. The summed E-state index contributed by atoms with van der Waals surface area (Å²) in [4.78, 5) is 25.0. The van der Waals surface area contributed by atoms with Crippen LogP contribution in [-0.4, -0.2) is 27.8 Å². The highest BCUT2D eigenvalue weighted by molar-refractivity contribution is 7.98. The number of anilines is 1. The molecule has 0 fully saturated rings. The molecule has 2 N–H and O–H groups in total. The zero-order valence-corrected chi connectivity index (χ0v) is 10.3. The molecule has 0 bridgehead atoms. The SMILES string of the molecule is CSc1nnc(-c2ccccc2NC=O)c(=O)[nH]1. The normalized spacial score (nSPS) is 10.1. The van der Waals surface area contributed by atoms with E-state index in [2.05, 4.69) is 20.5 Å². The van der Waals surface area contributed by atoms with Crippen LogP contribution in [0.3, 0.4) is 0 Å². The topological polar surface area (TPSA) is 87.7 Å². The van der Waals surface area contributed by atoms with Crippen LogP contribution >= 0.6 is 11.8 Å². The van der Waals surface area contributed by atoms with Crippen LogP contribution in [0.25, 0.3) is 11.3 Å². The molecule has 1 heterocycles. The minimum Gasteiger partial charge on any atom is -0.328 e. The molecule has 18 heavy (non-hydrogen) atoms. The van der Waals surface area contributed by atoms with E-state index in [4.69, 9.17) is 0 Å². The van der Waals surface area contributed by atoms with Gasteiger partial charge in [-0.1, -0.05) is 30.0 Å². The molecule has 0 spiro atoms. The number of carbonyl (C=O) groups is 1. The number of para-hydroxylation sites is 1. The Morgan fingerprint density at radius 1 is 1.33 bits per heavy atom. The Labute approximate surface area is 107 Å². The van der Waals surface area contributed by atoms with Gasteiger partial charge in [-0.15, -0.1) is 10.2 Å². The minimum atomic E-state index is -0.338. The van der Waals surface area contributed by atoms with Gasteiger partial charge in [-0.25, -0.2) is 0 Å². The highest BCUT2D eigenvalue weighted by Gasteiger charge is 2.11. The van der Waals surface area contributed by atoms with Gasteiger partial charge in [0.15, 0.2) is 10.9 Å². The number of amides is 1. The maximum absolute atomic E-state index is 11.9. The lowest BCUT2D eigenvalue weighted by atomic mass is 10.1. The molecule has 1 aromatic carbocycles. The van der Waals surface area contributed by atoms with Crippen molar-refractivity contribution < 1.29 is 4.79 Å². The van der Waals surface area contributed by atoms with E-state index in [1.807, 2.05) is 0 Å². The quantitative estimate of drug-likeness (QED) is 0.637. The van der Waals surface area contributed by atoms with Crippen molar-refractivity contribution in [3.05, 3.63) is 34.6 Å². The molecular formula is C11H10N4O2S. The van der Waals surface area contributed by atoms with E-state index in [9.17, 15) is 9.59 Å². The minimum absolute atomic E-state index is 0.178. The van der Waals surface area contributed by atoms with E-state index in [0.29, 0.717) is 22.8 Å². The summed E-state index contributed by atoms with van der Waals surface area (Å²) >= 11 is 1.30. The standard InChI is InChI=1S/C11H10N4O2S/c1-18-11-13-10(17)9(14-15-11)7-4-2-3-5-8(7)12-6-16/h2-6H,1H3,(H,12,16)(H,13,15,17). The van der Waals surface area contributed by atoms with Crippen molar-refractivity contribution in [2.75, 3.05) is 11.6 Å². The summed E-state index contributed by atoms with van der Waals surface area (Å²) in [7, 11) is 0. The largest absolute Gasteiger partial charge is 0.328 e. The number of nitrogens with zero attached hydrogens (tertiary/aromatic N) is 2. The number of H-pyrrole nitrogens is 1. The summed E-state index contributed by atoms with van der Waals surface area (Å²) in [6.07, 6.45) is 2.35. The van der Waals surface area contributed by atoms with Gasteiger partial charge in [0.25, 0.3) is 5.56 Å². The lowest BCUT2D eigenvalue weighted by Crippen LogP contribution is -2.14. The van der Waals surface area contributed by atoms with Crippen LogP contribution < -0.4 is 10.9 Å². The summed E-state index contributed by atoms with van der Waals surface area (Å²) < 4.78 is 0. The van der Waals surface area contributed by atoms with Gasteiger partial charge in [0.05, 0.1) is 5.69 Å². The molecule has 6 nitrogen and oxygen atoms in total. The van der Waals surface area contributed by atoms with Gasteiger partial charge in [0, 0.05) is 5.56 Å². The molecule has 0 aliphatic carbocycles. The molecule has 0 atom stereocenters. The first-order valence-corrected chi connectivity index (χ1v) is 6.29. The molecule has 0 radical (unpaired) electrons. The van der Waals surface area contributed by atoms with Crippen molar-refractivity contribution in [2.45, 2.75) is 5.16 Å². The predicted molar refractivity (Wildman–Crippen MR) is 69.6 cm³/mol. The van der Waals surface area contributed by atoms with Crippen LogP contribution in [0, 0.1) is 0 Å². The molecule has 2 rings (SSSR count). The number of aromatic amines is 1. The number of benzene rings is 1. The zero-order chi connectivity index (χ0) is 13.0. The molecule has 0 aliphatic rings. The number of rotatable bonds is 4. The van der Waals surface area contributed by atoms with Crippen molar-refractivity contribution in [3.8, 4) is 11.3 Å². The first-order chi connectivity index (χ1) is 8.76. The third-order valence-corrected chi connectivity index (χ3v) is 2.84. The Kier molecular flexibility index (Phi) is 3.73. The molecule has 0 saturated heterocycles. The van der Waals surface area contributed by atoms with Gasteiger partial charge in [-0.05, 0) is 12.3 Å². The summed E-state index contributed by atoms with van der Waals surface area (Å²) in [6, 6.07) is 6.90. The first-order valence-electron chi connectivity index (χ1n) is 5.07. The van der Waals surface area contributed by atoms with Gasteiger partial charge >= 0.3 is 0 Å². The highest BCUT2D eigenvalue weighted by Crippen LogP contribution is 2.22. The Morgan fingerprint density at radius 2 is 2.11 bits per heavy atom. The fraction of sp³-hybridized carbons (Fsp3) is 0.0909. The van der Waals surface area contributed by atoms with E-state index in [0.717, 1.165) is 0 Å². The van der Waals surface area contributed by atoms with E-state index in [1.54, 1.807) is 30.5 Å². The van der Waals surface area contributed by atoms with Crippen LogP contribution in [0.15, 0.2) is 34.2 Å². The van der Waals surface area contributed by atoms with Gasteiger partial charge < -0.3 is 5.32 Å². The second-order valence-electron chi connectivity index (χ2n) is 3.32. The van der Waals surface area contributed by atoms with E-state index in [1.165, 1.54) is 11.8 Å². The van der Waals surface area contributed by atoms with Crippen LogP contribution in [0.5, 0.6) is 0 Å². The molecule has 0 saturated carbocycles. The summed E-state index contributed by atoms with van der Waals surface area (Å²) in [6.45, 7) is 0. The Balaban J connectivity index is 2.55. The van der Waals surface area contributed by atoms with Crippen LogP contribution in [0.2, 0.25) is 0 Å². The predicted octanol–water partition coefficient (Wildman–Crippen LogP) is 1.12. The molecule has 1 amide bonds. The number of carbonyl (C=O) groups excluding carboxylic acids is 1. The molecule has 0 unspecified atom stereocenters. The van der Waals surface area contributed by atoms with E-state index >= 15 is 0 Å². The molecule has 0 aliphatic heterocycles. The number of hydrogen-bond acceptors (Lipinski definition) is 5. The van der Waals surface area contributed by atoms with Crippen molar-refractivity contribution in [1.29, 1.82) is 0 Å². The summed E-state index contributed by atoms with van der Waals surface area (Å²) in [5, 5.41) is 10.7. The number of nitrogens with one attached hydrogen (secondary N) is 2. The highest BCUT2D eigenvalue weighted by atomic mass is 32.2. The molecular weight excluding hydrogens is 252 g/mol. The monoisotopic (exact) mass is 262 g/mol. The average molecular weight is 262 g/mol. The van der Waals surface area contributed by atoms with Crippen molar-refractivity contribution in [2.24, 2.45) is 0 Å². The molecule has 2 aromatic rings. The van der Waals surface area contributed by atoms with Crippen LogP contribution in [0.1, 0.15) is 0 Å².